The van der Waals surface area contributed by atoms with Gasteiger partial charge in [-0.25, -0.2) is 0 Å². The summed E-state index contributed by atoms with van der Waals surface area (Å²) in [5, 5.41) is 14.7. The molecule has 1 saturated carbocycles. The van der Waals surface area contributed by atoms with Gasteiger partial charge in [-0.15, -0.1) is 0 Å². The lowest BCUT2D eigenvalue weighted by Crippen LogP contribution is -2.56. The number of carbonyl (C=O) groups excluding carboxylic acids is 2. The molecule has 5 nitrogen and oxygen atoms in total. The Morgan fingerprint density at radius 3 is 2.77 bits per heavy atom. The first-order valence-corrected chi connectivity index (χ1v) is 9.43. The van der Waals surface area contributed by atoms with E-state index in [1.807, 2.05) is 38.1 Å². The molecule has 0 radical (unpaired) electrons. The van der Waals surface area contributed by atoms with Crippen LogP contribution in [-0.2, 0) is 4.79 Å². The lowest BCUT2D eigenvalue weighted by molar-refractivity contribution is -0.155. The smallest absolute Gasteiger partial charge is 0.252 e. The summed E-state index contributed by atoms with van der Waals surface area (Å²) in [4.78, 5) is 28.4. The Morgan fingerprint density at radius 1 is 1.31 bits per heavy atom. The molecular weight excluding hydrogens is 328 g/mol. The summed E-state index contributed by atoms with van der Waals surface area (Å²) < 4.78 is 0. The second-order valence-corrected chi connectivity index (χ2v) is 8.02. The first-order chi connectivity index (χ1) is 12.3. The summed E-state index contributed by atoms with van der Waals surface area (Å²) in [6.07, 6.45) is 3.97. The molecule has 1 amide bonds. The maximum atomic E-state index is 12.8. The quantitative estimate of drug-likeness (QED) is 0.719. The fourth-order valence-electron chi connectivity index (χ4n) is 4.34. The van der Waals surface area contributed by atoms with Gasteiger partial charge in [0.1, 0.15) is 5.60 Å². The molecule has 1 aromatic carbocycles. The van der Waals surface area contributed by atoms with Crippen LogP contribution in [0.5, 0.6) is 0 Å². The van der Waals surface area contributed by atoms with Crippen LogP contribution >= 0.6 is 0 Å². The predicted molar refractivity (Wildman–Crippen MR) is 102 cm³/mol. The third kappa shape index (κ3) is 3.40. The molecule has 3 N–H and O–H groups in total. The molecule has 1 heterocycles. The summed E-state index contributed by atoms with van der Waals surface area (Å²) >= 11 is 0. The number of H-pyrrole nitrogens is 1. The molecule has 0 saturated heterocycles. The number of Topliss-reactive ketones (excluding diaryl/α,β-unsaturated/α-hetero) is 1. The van der Waals surface area contributed by atoms with Crippen molar-refractivity contribution in [1.82, 2.24) is 10.3 Å². The van der Waals surface area contributed by atoms with Crippen LogP contribution in [-0.4, -0.2) is 33.9 Å². The molecule has 3 rings (SSSR count). The van der Waals surface area contributed by atoms with E-state index in [-0.39, 0.29) is 24.2 Å². The summed E-state index contributed by atoms with van der Waals surface area (Å²) in [6, 6.07) is 7.57. The van der Waals surface area contributed by atoms with Crippen LogP contribution in [0.25, 0.3) is 10.9 Å². The maximum Gasteiger partial charge on any atom is 0.252 e. The first-order valence-electron chi connectivity index (χ1n) is 9.43. The Morgan fingerprint density at radius 2 is 2.04 bits per heavy atom. The highest BCUT2D eigenvalue weighted by Gasteiger charge is 2.48. The molecule has 3 atom stereocenters. The fourth-order valence-corrected chi connectivity index (χ4v) is 4.34. The maximum absolute atomic E-state index is 12.8. The van der Waals surface area contributed by atoms with E-state index in [0.29, 0.717) is 17.9 Å². The monoisotopic (exact) mass is 356 g/mol. The number of rotatable bonds is 5. The number of hydrogen-bond acceptors (Lipinski definition) is 3. The molecule has 1 aliphatic carbocycles. The molecule has 1 fully saturated rings. The largest absolute Gasteiger partial charge is 0.380 e. The van der Waals surface area contributed by atoms with Crippen molar-refractivity contribution in [3.63, 3.8) is 0 Å². The number of fused-ring (bicyclic) bond motifs is 1. The average molecular weight is 356 g/mol. The molecule has 1 aliphatic rings. The third-order valence-corrected chi connectivity index (χ3v) is 5.74. The van der Waals surface area contributed by atoms with Gasteiger partial charge in [0.25, 0.3) is 5.91 Å². The summed E-state index contributed by atoms with van der Waals surface area (Å²) in [5.41, 5.74) is 0.0545. The average Bonchev–Trinajstić information content (AvgIpc) is 3.03. The van der Waals surface area contributed by atoms with Gasteiger partial charge in [0.2, 0.25) is 0 Å². The fraction of sp³-hybridized carbons (Fsp3) is 0.524. The topological polar surface area (TPSA) is 82.2 Å². The standard InChI is InChI=1S/C21H28N2O3/c1-13(2)17-9-8-14(3)10-21(17,26)20(25)23-12-19(24)16-11-22-18-7-5-4-6-15(16)18/h4-7,11,13-14,17,22,26H,8-10,12H2,1-3H3,(H,23,25)/t14?,17?,21-/m1/s1. The Labute approximate surface area is 154 Å². The molecular formula is C21H28N2O3. The number of aromatic nitrogens is 1. The minimum Gasteiger partial charge on any atom is -0.380 e. The molecule has 0 spiro atoms. The Balaban J connectivity index is 1.71. The van der Waals surface area contributed by atoms with Gasteiger partial charge in [0, 0.05) is 22.7 Å². The normalized spacial score (nSPS) is 26.2. The third-order valence-electron chi connectivity index (χ3n) is 5.74. The highest BCUT2D eigenvalue weighted by molar-refractivity contribution is 6.09. The number of amides is 1. The van der Waals surface area contributed by atoms with Crippen molar-refractivity contribution in [1.29, 1.82) is 0 Å². The second kappa shape index (κ2) is 7.23. The first kappa shape index (κ1) is 18.6. The van der Waals surface area contributed by atoms with Crippen LogP contribution in [0.2, 0.25) is 0 Å². The highest BCUT2D eigenvalue weighted by Crippen LogP contribution is 2.41. The Bertz CT molecular complexity index is 810. The summed E-state index contributed by atoms with van der Waals surface area (Å²) in [5.74, 6) is -0.158. The molecule has 1 aromatic heterocycles. The number of para-hydroxylation sites is 1. The van der Waals surface area contributed by atoms with Crippen molar-refractivity contribution in [2.75, 3.05) is 6.54 Å². The van der Waals surface area contributed by atoms with Crippen molar-refractivity contribution in [3.05, 3.63) is 36.0 Å². The van der Waals surface area contributed by atoms with Crippen LogP contribution in [0.4, 0.5) is 0 Å². The molecule has 2 aromatic rings. The molecule has 5 heteroatoms. The van der Waals surface area contributed by atoms with Crippen LogP contribution in [0.15, 0.2) is 30.5 Å². The molecule has 0 aliphatic heterocycles. The van der Waals surface area contributed by atoms with E-state index in [1.54, 1.807) is 6.20 Å². The zero-order valence-corrected chi connectivity index (χ0v) is 15.7. The number of hydrogen-bond donors (Lipinski definition) is 3. The van der Waals surface area contributed by atoms with Crippen molar-refractivity contribution in [2.45, 2.75) is 45.6 Å². The Hall–Kier alpha value is -2.14. The molecule has 0 bridgehead atoms. The van der Waals surface area contributed by atoms with Gasteiger partial charge in [-0.05, 0) is 36.7 Å². The number of carbonyl (C=O) groups is 2. The number of benzene rings is 1. The molecule has 140 valence electrons. The van der Waals surface area contributed by atoms with E-state index >= 15 is 0 Å². The van der Waals surface area contributed by atoms with Crippen molar-refractivity contribution >= 4 is 22.6 Å². The zero-order chi connectivity index (χ0) is 18.9. The van der Waals surface area contributed by atoms with Crippen LogP contribution in [0, 0.1) is 17.8 Å². The van der Waals surface area contributed by atoms with E-state index in [1.165, 1.54) is 0 Å². The predicted octanol–water partition coefficient (Wildman–Crippen LogP) is 3.29. The molecule has 2 unspecified atom stereocenters. The summed E-state index contributed by atoms with van der Waals surface area (Å²) in [6.45, 7) is 6.03. The van der Waals surface area contributed by atoms with E-state index in [2.05, 4.69) is 17.2 Å². The Kier molecular flexibility index (Phi) is 5.19. The number of aliphatic hydroxyl groups is 1. The van der Waals surface area contributed by atoms with Gasteiger partial charge >= 0.3 is 0 Å². The van der Waals surface area contributed by atoms with Gasteiger partial charge in [-0.2, -0.15) is 0 Å². The van der Waals surface area contributed by atoms with Crippen LogP contribution < -0.4 is 5.32 Å². The second-order valence-electron chi connectivity index (χ2n) is 8.02. The highest BCUT2D eigenvalue weighted by atomic mass is 16.3. The van der Waals surface area contributed by atoms with Gasteiger partial charge in [0.15, 0.2) is 5.78 Å². The van der Waals surface area contributed by atoms with Crippen molar-refractivity contribution in [3.8, 4) is 0 Å². The van der Waals surface area contributed by atoms with Crippen molar-refractivity contribution in [2.24, 2.45) is 17.8 Å². The van der Waals surface area contributed by atoms with Crippen molar-refractivity contribution < 1.29 is 14.7 Å². The van der Waals surface area contributed by atoms with E-state index in [4.69, 9.17) is 0 Å². The lowest BCUT2D eigenvalue weighted by atomic mass is 9.66. The van der Waals surface area contributed by atoms with Crippen LogP contribution in [0.1, 0.15) is 50.4 Å². The van der Waals surface area contributed by atoms with Gasteiger partial charge in [0.05, 0.1) is 6.54 Å². The van der Waals surface area contributed by atoms with Gasteiger partial charge in [-0.3, -0.25) is 9.59 Å². The minimum atomic E-state index is -1.40. The number of aromatic amines is 1. The summed E-state index contributed by atoms with van der Waals surface area (Å²) in [7, 11) is 0. The number of nitrogens with one attached hydrogen (secondary N) is 2. The van der Waals surface area contributed by atoms with Gasteiger partial charge < -0.3 is 15.4 Å². The zero-order valence-electron chi connectivity index (χ0n) is 15.7. The lowest BCUT2D eigenvalue weighted by Gasteiger charge is -2.43. The minimum absolute atomic E-state index is 0.0816. The number of ketones is 1. The van der Waals surface area contributed by atoms with E-state index < -0.39 is 11.5 Å². The van der Waals surface area contributed by atoms with Gasteiger partial charge in [-0.1, -0.05) is 45.4 Å². The van der Waals surface area contributed by atoms with E-state index in [0.717, 1.165) is 23.7 Å². The van der Waals surface area contributed by atoms with E-state index in [9.17, 15) is 14.7 Å². The van der Waals surface area contributed by atoms with Crippen LogP contribution in [0.3, 0.4) is 0 Å². The molecule has 26 heavy (non-hydrogen) atoms. The SMILES string of the molecule is CC1CCC(C(C)C)[C@@](O)(C(=O)NCC(=O)c2c[nH]c3ccccc23)C1.